The maximum atomic E-state index is 12.2. The van der Waals surface area contributed by atoms with Crippen LogP contribution in [-0.4, -0.2) is 34.8 Å². The van der Waals surface area contributed by atoms with E-state index in [2.05, 4.69) is 24.6 Å². The molecule has 2 aromatic heterocycles. The Morgan fingerprint density at radius 2 is 1.79 bits per heavy atom. The number of aromatic nitrogens is 4. The second-order valence-electron chi connectivity index (χ2n) is 3.45. The molecule has 0 N–H and O–H groups in total. The molecule has 0 aliphatic rings. The number of nitrogens with zero attached hydrogens (tertiary/aromatic N) is 4. The van der Waals surface area contributed by atoms with E-state index in [1.54, 1.807) is 0 Å². The third kappa shape index (κ3) is 2.86. The average Bonchev–Trinajstić information content (AvgIpc) is 2.77. The molecule has 2 aromatic rings. The van der Waals surface area contributed by atoms with Crippen LogP contribution in [0, 0.1) is 0 Å². The molecule has 0 radical (unpaired) electrons. The van der Waals surface area contributed by atoms with E-state index < -0.39 is 27.1 Å². The average molecular weight is 294 g/mol. The van der Waals surface area contributed by atoms with Crippen LogP contribution in [0.5, 0.6) is 0 Å². The van der Waals surface area contributed by atoms with Crippen molar-refractivity contribution in [1.29, 1.82) is 0 Å². The summed E-state index contributed by atoms with van der Waals surface area (Å²) in [6.07, 6.45) is -1.86. The summed E-state index contributed by atoms with van der Waals surface area (Å²) >= 11 is 0. The minimum Gasteiger partial charge on any atom is -0.329 e. The summed E-state index contributed by atoms with van der Waals surface area (Å²) in [6.45, 7) is 0. The fourth-order valence-corrected chi connectivity index (χ4v) is 1.57. The maximum absolute atomic E-state index is 12.2. The minimum absolute atomic E-state index is 0.00616. The van der Waals surface area contributed by atoms with Crippen molar-refractivity contribution in [1.82, 2.24) is 20.1 Å². The molecule has 0 aliphatic carbocycles. The van der Waals surface area contributed by atoms with Crippen LogP contribution < -0.4 is 0 Å². The molecule has 0 saturated carbocycles. The van der Waals surface area contributed by atoms with Crippen molar-refractivity contribution in [3.63, 3.8) is 0 Å². The van der Waals surface area contributed by atoms with Crippen molar-refractivity contribution in [2.75, 3.05) is 6.26 Å². The van der Waals surface area contributed by atoms with Crippen molar-refractivity contribution < 1.29 is 26.1 Å². The molecule has 19 heavy (non-hydrogen) atoms. The SMILES string of the molecule is CS(=O)(=O)c1ncc(-c2noc(C(F)(F)F)n2)cn1. The van der Waals surface area contributed by atoms with Crippen LogP contribution in [0.25, 0.3) is 11.4 Å². The third-order valence-electron chi connectivity index (χ3n) is 1.89. The highest BCUT2D eigenvalue weighted by atomic mass is 32.2. The predicted molar refractivity (Wildman–Crippen MR) is 53.4 cm³/mol. The zero-order valence-electron chi connectivity index (χ0n) is 9.21. The van der Waals surface area contributed by atoms with Gasteiger partial charge in [-0.15, -0.1) is 0 Å². The molecule has 102 valence electrons. The van der Waals surface area contributed by atoms with E-state index in [1.807, 2.05) is 0 Å². The molecule has 0 fully saturated rings. The van der Waals surface area contributed by atoms with Crippen LogP contribution in [0.3, 0.4) is 0 Å². The Hall–Kier alpha value is -2.04. The Bertz CT molecular complexity index is 693. The number of sulfone groups is 1. The predicted octanol–water partition coefficient (Wildman–Crippen LogP) is 0.949. The summed E-state index contributed by atoms with van der Waals surface area (Å²) in [4.78, 5) is 10.1. The number of hydrogen-bond acceptors (Lipinski definition) is 7. The largest absolute Gasteiger partial charge is 0.471 e. The van der Waals surface area contributed by atoms with Crippen molar-refractivity contribution in [3.8, 4) is 11.4 Å². The van der Waals surface area contributed by atoms with Crippen molar-refractivity contribution in [2.24, 2.45) is 0 Å². The van der Waals surface area contributed by atoms with Gasteiger partial charge in [0.25, 0.3) is 0 Å². The summed E-state index contributed by atoms with van der Waals surface area (Å²) in [7, 11) is -3.59. The van der Waals surface area contributed by atoms with Gasteiger partial charge >= 0.3 is 12.1 Å². The standard InChI is InChI=1S/C8H5F3N4O3S/c1-19(16,17)7-12-2-4(3-13-7)5-14-6(18-15-5)8(9,10)11/h2-3H,1H3. The Labute approximate surface area is 104 Å². The zero-order valence-corrected chi connectivity index (χ0v) is 10.0. The van der Waals surface area contributed by atoms with Gasteiger partial charge in [0.2, 0.25) is 20.8 Å². The highest BCUT2D eigenvalue weighted by Gasteiger charge is 2.38. The smallest absolute Gasteiger partial charge is 0.329 e. The number of hydrogen-bond donors (Lipinski definition) is 0. The van der Waals surface area contributed by atoms with Gasteiger partial charge in [-0.3, -0.25) is 0 Å². The summed E-state index contributed by atoms with van der Waals surface area (Å²) in [5.41, 5.74) is 0.00616. The molecular weight excluding hydrogens is 289 g/mol. The fraction of sp³-hybridized carbons (Fsp3) is 0.250. The lowest BCUT2D eigenvalue weighted by Gasteiger charge is -1.97. The molecule has 2 heterocycles. The molecule has 0 bridgehead atoms. The highest BCUT2D eigenvalue weighted by Crippen LogP contribution is 2.29. The summed E-state index contributed by atoms with van der Waals surface area (Å²) < 4.78 is 62.9. The van der Waals surface area contributed by atoms with Crippen LogP contribution in [0.15, 0.2) is 22.1 Å². The minimum atomic E-state index is -4.75. The van der Waals surface area contributed by atoms with Crippen LogP contribution in [0.2, 0.25) is 0 Å². The first kappa shape index (κ1) is 13.4. The number of rotatable bonds is 2. The van der Waals surface area contributed by atoms with E-state index in [1.165, 1.54) is 0 Å². The van der Waals surface area contributed by atoms with Gasteiger partial charge in [-0.1, -0.05) is 5.16 Å². The molecule has 7 nitrogen and oxygen atoms in total. The molecule has 0 amide bonds. The monoisotopic (exact) mass is 294 g/mol. The van der Waals surface area contributed by atoms with Gasteiger partial charge in [-0.05, 0) is 0 Å². The molecule has 0 unspecified atom stereocenters. The lowest BCUT2D eigenvalue weighted by Crippen LogP contribution is -2.05. The zero-order chi connectivity index (χ0) is 14.3. The van der Waals surface area contributed by atoms with E-state index in [9.17, 15) is 21.6 Å². The van der Waals surface area contributed by atoms with E-state index in [0.29, 0.717) is 0 Å². The van der Waals surface area contributed by atoms with Crippen molar-refractivity contribution in [2.45, 2.75) is 11.3 Å². The first-order chi connectivity index (χ1) is 8.68. The molecule has 0 aliphatic heterocycles. The van der Waals surface area contributed by atoms with E-state index in [0.717, 1.165) is 18.6 Å². The molecule has 0 atom stereocenters. The quantitative estimate of drug-likeness (QED) is 0.760. The van der Waals surface area contributed by atoms with Gasteiger partial charge in [-0.25, -0.2) is 18.4 Å². The van der Waals surface area contributed by atoms with Crippen molar-refractivity contribution >= 4 is 9.84 Å². The third-order valence-corrected chi connectivity index (χ3v) is 2.76. The van der Waals surface area contributed by atoms with Gasteiger partial charge < -0.3 is 4.52 Å². The molecule has 0 spiro atoms. The van der Waals surface area contributed by atoms with Crippen LogP contribution in [0.4, 0.5) is 13.2 Å². The van der Waals surface area contributed by atoms with Crippen LogP contribution >= 0.6 is 0 Å². The Kier molecular flexibility index (Phi) is 3.00. The molecule has 0 aromatic carbocycles. The van der Waals surface area contributed by atoms with E-state index in [4.69, 9.17) is 0 Å². The van der Waals surface area contributed by atoms with Gasteiger partial charge in [0, 0.05) is 18.6 Å². The lowest BCUT2D eigenvalue weighted by molar-refractivity contribution is -0.159. The molecule has 0 saturated heterocycles. The summed E-state index contributed by atoms with van der Waals surface area (Å²) in [6, 6.07) is 0. The second-order valence-corrected chi connectivity index (χ2v) is 5.36. The highest BCUT2D eigenvalue weighted by molar-refractivity contribution is 7.90. The number of halogens is 3. The van der Waals surface area contributed by atoms with Gasteiger partial charge in [0.15, 0.2) is 0 Å². The van der Waals surface area contributed by atoms with Crippen LogP contribution in [-0.2, 0) is 16.0 Å². The normalized spacial score (nSPS) is 12.6. The first-order valence-corrected chi connectivity index (χ1v) is 6.50. The maximum Gasteiger partial charge on any atom is 0.471 e. The lowest BCUT2D eigenvalue weighted by atomic mass is 10.3. The second kappa shape index (κ2) is 4.26. The Balaban J connectivity index is 2.36. The summed E-state index contributed by atoms with van der Waals surface area (Å²) in [5.74, 6) is -1.89. The Morgan fingerprint density at radius 1 is 1.21 bits per heavy atom. The Morgan fingerprint density at radius 3 is 2.21 bits per heavy atom. The van der Waals surface area contributed by atoms with Gasteiger partial charge in [-0.2, -0.15) is 18.2 Å². The summed E-state index contributed by atoms with van der Waals surface area (Å²) in [5, 5.41) is 2.66. The van der Waals surface area contributed by atoms with Crippen LogP contribution in [0.1, 0.15) is 5.89 Å². The van der Waals surface area contributed by atoms with E-state index in [-0.39, 0.29) is 11.4 Å². The fourth-order valence-electron chi connectivity index (χ4n) is 1.08. The van der Waals surface area contributed by atoms with E-state index >= 15 is 0 Å². The first-order valence-electron chi connectivity index (χ1n) is 4.61. The molecular formula is C8H5F3N4O3S. The molecule has 11 heteroatoms. The molecule has 2 rings (SSSR count). The van der Waals surface area contributed by atoms with Gasteiger partial charge in [0.1, 0.15) is 0 Å². The van der Waals surface area contributed by atoms with Crippen molar-refractivity contribution in [3.05, 3.63) is 18.3 Å². The topological polar surface area (TPSA) is 98.8 Å². The number of alkyl halides is 3. The van der Waals surface area contributed by atoms with Gasteiger partial charge in [0.05, 0.1) is 5.56 Å².